The molecule has 0 aliphatic carbocycles. The summed E-state index contributed by atoms with van der Waals surface area (Å²) in [6.45, 7) is 2.13. The maximum absolute atomic E-state index is 13.5. The summed E-state index contributed by atoms with van der Waals surface area (Å²) < 4.78 is 31.3. The van der Waals surface area contributed by atoms with Gasteiger partial charge in [0.2, 0.25) is 5.91 Å². The smallest absolute Gasteiger partial charge is 0.307 e. The Balaban J connectivity index is 1.55. The van der Waals surface area contributed by atoms with Gasteiger partial charge in [-0.15, -0.1) is 0 Å². The highest BCUT2D eigenvalue weighted by atomic mass is 19.1. The van der Waals surface area contributed by atoms with Gasteiger partial charge in [0.25, 0.3) is 5.91 Å². The number of hydrogen-bond donors (Lipinski definition) is 2. The standard InChI is InChI=1S/C22H24F2N2O4/c1-15-2-4-16(5-3-15)6-9-20(27)25-12-13-30-21(28)10-11-26-22(29)18-8-7-17(23)14-19(18)24/h2-5,7-8,14H,6,9-13H2,1H3,(H,25,27)(H,26,29). The molecule has 2 amide bonds. The van der Waals surface area contributed by atoms with Gasteiger partial charge in [-0.3, -0.25) is 14.4 Å². The SMILES string of the molecule is Cc1ccc(CCC(=O)NCCOC(=O)CCNC(=O)c2ccc(F)cc2F)cc1. The van der Waals surface area contributed by atoms with E-state index in [9.17, 15) is 23.2 Å². The zero-order valence-electron chi connectivity index (χ0n) is 16.7. The number of ether oxygens (including phenoxy) is 1. The highest BCUT2D eigenvalue weighted by molar-refractivity contribution is 5.94. The molecule has 2 aromatic carbocycles. The van der Waals surface area contributed by atoms with Gasteiger partial charge in [-0.1, -0.05) is 29.8 Å². The Labute approximate surface area is 173 Å². The van der Waals surface area contributed by atoms with Gasteiger partial charge in [-0.25, -0.2) is 8.78 Å². The summed E-state index contributed by atoms with van der Waals surface area (Å²) >= 11 is 0. The largest absolute Gasteiger partial charge is 0.464 e. The number of carbonyl (C=O) groups excluding carboxylic acids is 3. The van der Waals surface area contributed by atoms with Crippen molar-refractivity contribution in [1.82, 2.24) is 10.6 Å². The van der Waals surface area contributed by atoms with Crippen molar-refractivity contribution in [2.24, 2.45) is 0 Å². The molecule has 0 spiro atoms. The zero-order valence-corrected chi connectivity index (χ0v) is 16.7. The first-order chi connectivity index (χ1) is 14.3. The van der Waals surface area contributed by atoms with Gasteiger partial charge >= 0.3 is 5.97 Å². The molecule has 0 atom stereocenters. The fraction of sp³-hybridized carbons (Fsp3) is 0.318. The minimum absolute atomic E-state index is 0.00957. The number of rotatable bonds is 10. The molecule has 160 valence electrons. The highest BCUT2D eigenvalue weighted by Gasteiger charge is 2.13. The van der Waals surface area contributed by atoms with Crippen LogP contribution in [0.2, 0.25) is 0 Å². The lowest BCUT2D eigenvalue weighted by molar-refractivity contribution is -0.143. The predicted octanol–water partition coefficient (Wildman–Crippen LogP) is 2.69. The summed E-state index contributed by atoms with van der Waals surface area (Å²) in [4.78, 5) is 35.3. The molecule has 0 heterocycles. The van der Waals surface area contributed by atoms with E-state index < -0.39 is 23.5 Å². The maximum Gasteiger partial charge on any atom is 0.307 e. The molecule has 0 saturated heterocycles. The van der Waals surface area contributed by atoms with Crippen LogP contribution in [0.25, 0.3) is 0 Å². The number of amides is 2. The summed E-state index contributed by atoms with van der Waals surface area (Å²) in [6.07, 6.45) is 0.846. The summed E-state index contributed by atoms with van der Waals surface area (Å²) in [6, 6.07) is 10.6. The first-order valence-electron chi connectivity index (χ1n) is 9.56. The minimum atomic E-state index is -0.979. The number of benzene rings is 2. The average Bonchev–Trinajstić information content (AvgIpc) is 2.70. The third kappa shape index (κ3) is 7.98. The molecule has 0 aliphatic heterocycles. The summed E-state index contributed by atoms with van der Waals surface area (Å²) in [5.74, 6) is -3.21. The van der Waals surface area contributed by atoms with Gasteiger partial charge in [-0.05, 0) is 31.0 Å². The van der Waals surface area contributed by atoms with Crippen molar-refractivity contribution in [2.45, 2.75) is 26.2 Å². The van der Waals surface area contributed by atoms with E-state index in [1.807, 2.05) is 31.2 Å². The van der Waals surface area contributed by atoms with E-state index >= 15 is 0 Å². The van der Waals surface area contributed by atoms with Crippen molar-refractivity contribution in [3.05, 3.63) is 70.8 Å². The van der Waals surface area contributed by atoms with Crippen molar-refractivity contribution < 1.29 is 27.9 Å². The average molecular weight is 418 g/mol. The lowest BCUT2D eigenvalue weighted by Gasteiger charge is -2.08. The van der Waals surface area contributed by atoms with Gasteiger partial charge in [0, 0.05) is 19.0 Å². The Kier molecular flexibility index (Phi) is 8.93. The lowest BCUT2D eigenvalue weighted by atomic mass is 10.1. The van der Waals surface area contributed by atoms with Crippen LogP contribution in [0.1, 0.15) is 34.3 Å². The minimum Gasteiger partial charge on any atom is -0.464 e. The molecular formula is C22H24F2N2O4. The molecule has 0 bridgehead atoms. The Hall–Kier alpha value is -3.29. The molecule has 0 aromatic heterocycles. The zero-order chi connectivity index (χ0) is 21.9. The summed E-state index contributed by atoms with van der Waals surface area (Å²) in [5, 5.41) is 5.03. The van der Waals surface area contributed by atoms with Crippen LogP contribution < -0.4 is 10.6 Å². The van der Waals surface area contributed by atoms with E-state index in [-0.39, 0.29) is 37.6 Å². The van der Waals surface area contributed by atoms with Crippen molar-refractivity contribution in [2.75, 3.05) is 19.7 Å². The molecule has 2 rings (SSSR count). The highest BCUT2D eigenvalue weighted by Crippen LogP contribution is 2.09. The first kappa shape index (κ1) is 23.0. The maximum atomic E-state index is 13.5. The van der Waals surface area contributed by atoms with Crippen LogP contribution in [-0.4, -0.2) is 37.5 Å². The number of halogens is 2. The van der Waals surface area contributed by atoms with Crippen molar-refractivity contribution in [3.63, 3.8) is 0 Å². The van der Waals surface area contributed by atoms with E-state index in [4.69, 9.17) is 4.74 Å². The van der Waals surface area contributed by atoms with Crippen LogP contribution >= 0.6 is 0 Å². The van der Waals surface area contributed by atoms with Crippen LogP contribution in [0.5, 0.6) is 0 Å². The summed E-state index contributed by atoms with van der Waals surface area (Å²) in [5.41, 5.74) is 1.93. The first-order valence-corrected chi connectivity index (χ1v) is 9.56. The third-order valence-electron chi connectivity index (χ3n) is 4.24. The van der Waals surface area contributed by atoms with E-state index in [1.54, 1.807) is 0 Å². The Bertz CT molecular complexity index is 885. The number of hydrogen-bond acceptors (Lipinski definition) is 4. The number of aryl methyl sites for hydroxylation is 2. The number of carbonyl (C=O) groups is 3. The van der Waals surface area contributed by atoms with Gasteiger partial charge in [0.05, 0.1) is 18.5 Å². The Morgan fingerprint density at radius 1 is 0.933 bits per heavy atom. The van der Waals surface area contributed by atoms with Gasteiger partial charge in [0.1, 0.15) is 18.2 Å². The van der Waals surface area contributed by atoms with E-state index in [0.717, 1.165) is 23.3 Å². The molecular weight excluding hydrogens is 394 g/mol. The third-order valence-corrected chi connectivity index (χ3v) is 4.24. The van der Waals surface area contributed by atoms with Crippen LogP contribution in [0.15, 0.2) is 42.5 Å². The molecule has 2 aromatic rings. The monoisotopic (exact) mass is 418 g/mol. The van der Waals surface area contributed by atoms with Gasteiger partial charge in [-0.2, -0.15) is 0 Å². The lowest BCUT2D eigenvalue weighted by Crippen LogP contribution is -2.30. The molecule has 2 N–H and O–H groups in total. The van der Waals surface area contributed by atoms with Gasteiger partial charge in [0.15, 0.2) is 0 Å². The number of esters is 1. The predicted molar refractivity (Wildman–Crippen MR) is 107 cm³/mol. The quantitative estimate of drug-likeness (QED) is 0.459. The number of nitrogens with one attached hydrogen (secondary N) is 2. The normalized spacial score (nSPS) is 10.4. The Morgan fingerprint density at radius 2 is 1.67 bits per heavy atom. The van der Waals surface area contributed by atoms with E-state index in [2.05, 4.69) is 10.6 Å². The topological polar surface area (TPSA) is 84.5 Å². The molecule has 0 aliphatic rings. The molecule has 0 radical (unpaired) electrons. The molecule has 30 heavy (non-hydrogen) atoms. The fourth-order valence-electron chi connectivity index (χ4n) is 2.58. The summed E-state index contributed by atoms with van der Waals surface area (Å²) in [7, 11) is 0. The van der Waals surface area contributed by atoms with E-state index in [1.165, 1.54) is 0 Å². The second-order valence-corrected chi connectivity index (χ2v) is 6.69. The van der Waals surface area contributed by atoms with E-state index in [0.29, 0.717) is 18.9 Å². The van der Waals surface area contributed by atoms with Crippen LogP contribution in [0.4, 0.5) is 8.78 Å². The molecule has 0 saturated carbocycles. The van der Waals surface area contributed by atoms with Crippen molar-refractivity contribution in [1.29, 1.82) is 0 Å². The Morgan fingerprint density at radius 3 is 2.37 bits per heavy atom. The van der Waals surface area contributed by atoms with Crippen molar-refractivity contribution in [3.8, 4) is 0 Å². The molecule has 0 fully saturated rings. The van der Waals surface area contributed by atoms with Crippen molar-refractivity contribution >= 4 is 17.8 Å². The molecule has 8 heteroatoms. The fourth-order valence-corrected chi connectivity index (χ4v) is 2.58. The molecule has 0 unspecified atom stereocenters. The molecule has 6 nitrogen and oxygen atoms in total. The second-order valence-electron chi connectivity index (χ2n) is 6.69. The second kappa shape index (κ2) is 11.6. The van der Waals surface area contributed by atoms with Gasteiger partial charge < -0.3 is 15.4 Å². The van der Waals surface area contributed by atoms with Crippen LogP contribution in [0, 0.1) is 18.6 Å². The van der Waals surface area contributed by atoms with Crippen LogP contribution in [-0.2, 0) is 20.7 Å². The van der Waals surface area contributed by atoms with Crippen LogP contribution in [0.3, 0.4) is 0 Å².